The summed E-state index contributed by atoms with van der Waals surface area (Å²) in [5, 5.41) is 17.5. The lowest BCUT2D eigenvalue weighted by molar-refractivity contribution is -0.384. The van der Waals surface area contributed by atoms with E-state index in [9.17, 15) is 19.7 Å². The molecule has 0 fully saturated rings. The molecule has 198 valence electrons. The highest BCUT2D eigenvalue weighted by Crippen LogP contribution is 2.37. The smallest absolute Gasteiger partial charge is 0.414 e. The first-order valence-electron chi connectivity index (χ1n) is 11.8. The molecular weight excluding hydrogens is 476 g/mol. The number of nitrogens with zero attached hydrogens (tertiary/aromatic N) is 4. The lowest BCUT2D eigenvalue weighted by Gasteiger charge is -2.35. The van der Waals surface area contributed by atoms with E-state index in [1.54, 1.807) is 45.9 Å². The zero-order valence-corrected chi connectivity index (χ0v) is 22.3. The molecule has 1 heterocycles. The maximum Gasteiger partial charge on any atom is 0.414 e. The third-order valence-corrected chi connectivity index (χ3v) is 5.72. The highest BCUT2D eigenvalue weighted by molar-refractivity contribution is 6.05. The van der Waals surface area contributed by atoms with Gasteiger partial charge in [-0.25, -0.2) is 9.79 Å². The van der Waals surface area contributed by atoms with Crippen LogP contribution in [0.2, 0.25) is 0 Å². The van der Waals surface area contributed by atoms with Crippen LogP contribution in [-0.2, 0) is 21.6 Å². The lowest BCUT2D eigenvalue weighted by atomic mass is 9.87. The van der Waals surface area contributed by atoms with Crippen LogP contribution in [0, 0.1) is 10.1 Å². The maximum absolute atomic E-state index is 12.9. The van der Waals surface area contributed by atoms with E-state index >= 15 is 0 Å². The Bertz CT molecular complexity index is 1240. The number of nitrogens with one attached hydrogen (secondary N) is 2. The number of benzene rings is 2. The van der Waals surface area contributed by atoms with E-state index in [4.69, 9.17) is 9.73 Å². The summed E-state index contributed by atoms with van der Waals surface area (Å²) in [5.74, 6) is -0.146. The predicted molar refractivity (Wildman–Crippen MR) is 142 cm³/mol. The molecule has 37 heavy (non-hydrogen) atoms. The minimum Gasteiger partial charge on any atom is -0.444 e. The molecule has 1 aliphatic heterocycles. The zero-order chi connectivity index (χ0) is 27.5. The van der Waals surface area contributed by atoms with Gasteiger partial charge in [0.2, 0.25) is 11.9 Å². The van der Waals surface area contributed by atoms with Gasteiger partial charge in [-0.2, -0.15) is 0 Å². The number of anilines is 2. The Hall–Kier alpha value is -3.99. The third-order valence-electron chi connectivity index (χ3n) is 5.72. The van der Waals surface area contributed by atoms with Gasteiger partial charge < -0.3 is 15.0 Å². The summed E-state index contributed by atoms with van der Waals surface area (Å²) in [4.78, 5) is 44.5. The maximum atomic E-state index is 12.9. The normalized spacial score (nSPS) is 17.9. The van der Waals surface area contributed by atoms with Gasteiger partial charge >= 0.3 is 6.09 Å². The van der Waals surface area contributed by atoms with Crippen molar-refractivity contribution in [3.8, 4) is 0 Å². The van der Waals surface area contributed by atoms with Crippen molar-refractivity contribution in [2.75, 3.05) is 26.5 Å². The van der Waals surface area contributed by atoms with Crippen molar-refractivity contribution in [1.29, 1.82) is 0 Å². The summed E-state index contributed by atoms with van der Waals surface area (Å²) in [6.45, 7) is 7.54. The molecule has 2 N–H and O–H groups in total. The average Bonchev–Trinajstić information content (AvgIpc) is 2.77. The Balaban J connectivity index is 1.97. The Labute approximate surface area is 216 Å². The molecule has 11 nitrogen and oxygen atoms in total. The second-order valence-corrected chi connectivity index (χ2v) is 10.5. The third kappa shape index (κ3) is 6.82. The molecule has 2 aromatic rings. The first kappa shape index (κ1) is 27.6. The number of amides is 2. The van der Waals surface area contributed by atoms with E-state index < -0.39 is 22.2 Å². The van der Waals surface area contributed by atoms with Crippen molar-refractivity contribution < 1.29 is 19.2 Å². The predicted octanol–water partition coefficient (Wildman–Crippen LogP) is 4.36. The van der Waals surface area contributed by atoms with Crippen molar-refractivity contribution in [2.45, 2.75) is 51.8 Å². The lowest BCUT2D eigenvalue weighted by Crippen LogP contribution is -2.52. The number of rotatable bonds is 6. The molecule has 1 atom stereocenters. The van der Waals surface area contributed by atoms with Gasteiger partial charge in [0.1, 0.15) is 11.3 Å². The van der Waals surface area contributed by atoms with Crippen molar-refractivity contribution >= 4 is 35.0 Å². The van der Waals surface area contributed by atoms with Crippen molar-refractivity contribution in [3.05, 3.63) is 63.7 Å². The van der Waals surface area contributed by atoms with Crippen LogP contribution in [0.1, 0.15) is 45.2 Å². The molecule has 2 amide bonds. The van der Waals surface area contributed by atoms with Gasteiger partial charge in [-0.05, 0) is 65.0 Å². The quantitative estimate of drug-likeness (QED) is 0.436. The Kier molecular flexibility index (Phi) is 7.87. The molecule has 0 unspecified atom stereocenters. The number of aliphatic imine (C=N–C) groups is 1. The molecule has 0 spiro atoms. The number of para-hydroxylation sites is 1. The van der Waals surface area contributed by atoms with Crippen LogP contribution >= 0.6 is 0 Å². The highest BCUT2D eigenvalue weighted by atomic mass is 16.6. The molecule has 0 bridgehead atoms. The Morgan fingerprint density at radius 3 is 2.54 bits per heavy atom. The second kappa shape index (κ2) is 10.6. The number of carbonyl (C=O) groups excluding carboxylic acids is 2. The molecule has 0 saturated carbocycles. The van der Waals surface area contributed by atoms with E-state index in [0.29, 0.717) is 23.5 Å². The largest absolute Gasteiger partial charge is 0.444 e. The topological polar surface area (TPSA) is 129 Å². The standard InChI is InChI=1S/C26H34N6O5/c1-25(2,3)37-24(34)28-23-29-26(4,15-21(33)31(23)7)18-11-9-12-19(14-18)27-22-17(16-30(5)6)10-8-13-20(22)32(35)36/h8-14,27H,15-16H2,1-7H3,(H,28,29,34)/t26-/m0/s1. The van der Waals surface area contributed by atoms with Crippen LogP contribution in [0.25, 0.3) is 0 Å². The monoisotopic (exact) mass is 510 g/mol. The van der Waals surface area contributed by atoms with E-state index in [-0.39, 0.29) is 24.0 Å². The molecule has 3 rings (SSSR count). The highest BCUT2D eigenvalue weighted by Gasteiger charge is 2.38. The minimum atomic E-state index is -0.985. The number of hydrogen-bond acceptors (Lipinski definition) is 8. The number of ether oxygens (including phenoxy) is 1. The number of alkyl carbamates (subject to hydrolysis) is 1. The zero-order valence-electron chi connectivity index (χ0n) is 22.3. The summed E-state index contributed by atoms with van der Waals surface area (Å²) in [5.41, 5.74) is 0.752. The summed E-state index contributed by atoms with van der Waals surface area (Å²) < 4.78 is 5.32. The first-order chi connectivity index (χ1) is 17.2. The molecular formula is C26H34N6O5. The number of nitro benzene ring substituents is 1. The van der Waals surface area contributed by atoms with Gasteiger partial charge in [0, 0.05) is 25.3 Å². The van der Waals surface area contributed by atoms with Crippen LogP contribution in [0.5, 0.6) is 0 Å². The summed E-state index contributed by atoms with van der Waals surface area (Å²) in [7, 11) is 5.32. The second-order valence-electron chi connectivity index (χ2n) is 10.5. The van der Waals surface area contributed by atoms with Gasteiger partial charge in [0.05, 0.1) is 16.9 Å². The Morgan fingerprint density at radius 1 is 1.24 bits per heavy atom. The number of guanidine groups is 1. The van der Waals surface area contributed by atoms with Gasteiger partial charge in [0.15, 0.2) is 0 Å². The van der Waals surface area contributed by atoms with Gasteiger partial charge in [0.25, 0.3) is 5.69 Å². The molecule has 11 heteroatoms. The Morgan fingerprint density at radius 2 is 1.92 bits per heavy atom. The number of carbonyl (C=O) groups is 2. The number of hydrogen-bond donors (Lipinski definition) is 2. The van der Waals surface area contributed by atoms with Crippen molar-refractivity contribution in [2.24, 2.45) is 4.99 Å². The minimum absolute atomic E-state index is 0.0349. The molecule has 2 aromatic carbocycles. The molecule has 0 aliphatic carbocycles. The van der Waals surface area contributed by atoms with Crippen molar-refractivity contribution in [1.82, 2.24) is 15.1 Å². The molecule has 0 radical (unpaired) electrons. The van der Waals surface area contributed by atoms with E-state index in [1.807, 2.05) is 37.2 Å². The van der Waals surface area contributed by atoms with Crippen LogP contribution in [0.15, 0.2) is 47.5 Å². The average molecular weight is 511 g/mol. The fraction of sp³-hybridized carbons (Fsp3) is 0.423. The SMILES string of the molecule is CN(C)Cc1cccc([N+](=O)[O-])c1Nc1cccc([C@]2(C)CC(=O)N(C)C(NC(=O)OC(C)(C)C)=N2)c1. The van der Waals surface area contributed by atoms with Gasteiger partial charge in [-0.15, -0.1) is 0 Å². The van der Waals surface area contributed by atoms with Gasteiger partial charge in [-0.3, -0.25) is 25.1 Å². The van der Waals surface area contributed by atoms with E-state index in [1.165, 1.54) is 18.0 Å². The number of nitro groups is 1. The van der Waals surface area contributed by atoms with Crippen LogP contribution < -0.4 is 10.6 Å². The van der Waals surface area contributed by atoms with Crippen LogP contribution in [0.3, 0.4) is 0 Å². The van der Waals surface area contributed by atoms with Gasteiger partial charge in [-0.1, -0.05) is 24.3 Å². The molecule has 1 aliphatic rings. The fourth-order valence-electron chi connectivity index (χ4n) is 3.98. The van der Waals surface area contributed by atoms with Crippen LogP contribution in [-0.4, -0.2) is 59.4 Å². The van der Waals surface area contributed by atoms with Crippen molar-refractivity contribution in [3.63, 3.8) is 0 Å². The summed E-state index contributed by atoms with van der Waals surface area (Å²) >= 11 is 0. The summed E-state index contributed by atoms with van der Waals surface area (Å²) in [6.07, 6.45) is -0.639. The van der Waals surface area contributed by atoms with E-state index in [0.717, 1.165) is 5.56 Å². The molecule has 0 saturated heterocycles. The first-order valence-corrected chi connectivity index (χ1v) is 11.8. The van der Waals surface area contributed by atoms with Crippen LogP contribution in [0.4, 0.5) is 21.9 Å². The summed E-state index contributed by atoms with van der Waals surface area (Å²) in [6, 6.07) is 12.2. The van der Waals surface area contributed by atoms with E-state index in [2.05, 4.69) is 10.6 Å². The molecule has 0 aromatic heterocycles. The fourth-order valence-corrected chi connectivity index (χ4v) is 3.98.